The van der Waals surface area contributed by atoms with E-state index in [0.29, 0.717) is 28.1 Å². The molecular weight excluding hydrogens is 436 g/mol. The smallest absolute Gasteiger partial charge is 0.284 e. The summed E-state index contributed by atoms with van der Waals surface area (Å²) in [4.78, 5) is 38.7. The van der Waals surface area contributed by atoms with E-state index in [-0.39, 0.29) is 29.9 Å². The number of amides is 2. The number of amidine groups is 2. The molecule has 160 valence electrons. The minimum Gasteiger partial charge on any atom is -0.467 e. The summed E-state index contributed by atoms with van der Waals surface area (Å²) in [7, 11) is 0. The number of furan rings is 1. The van der Waals surface area contributed by atoms with Gasteiger partial charge in [0.25, 0.3) is 5.24 Å². The molecule has 31 heavy (non-hydrogen) atoms. The largest absolute Gasteiger partial charge is 0.467 e. The first-order valence-corrected chi connectivity index (χ1v) is 11.5. The topological polar surface area (TPSA) is 104 Å². The zero-order chi connectivity index (χ0) is 22.0. The van der Waals surface area contributed by atoms with Crippen LogP contribution in [0.4, 0.5) is 4.79 Å². The van der Waals surface area contributed by atoms with Crippen LogP contribution in [-0.4, -0.2) is 43.8 Å². The highest BCUT2D eigenvalue weighted by Crippen LogP contribution is 2.32. The van der Waals surface area contributed by atoms with Gasteiger partial charge in [-0.1, -0.05) is 35.7 Å². The van der Waals surface area contributed by atoms with Gasteiger partial charge in [-0.15, -0.1) is 10.2 Å². The molecule has 0 saturated carbocycles. The lowest BCUT2D eigenvalue weighted by molar-refractivity contribution is -0.126. The molecule has 1 N–H and O–H groups in total. The zero-order valence-corrected chi connectivity index (χ0v) is 18.6. The van der Waals surface area contributed by atoms with Gasteiger partial charge >= 0.3 is 0 Å². The predicted octanol–water partition coefficient (Wildman–Crippen LogP) is 3.74. The fourth-order valence-corrected chi connectivity index (χ4v) is 4.78. The lowest BCUT2D eigenvalue weighted by atomic mass is 10.0. The molecule has 2 aliphatic rings. The van der Waals surface area contributed by atoms with Crippen LogP contribution in [0.3, 0.4) is 0 Å². The summed E-state index contributed by atoms with van der Waals surface area (Å²) in [5, 5.41) is 10.5. The first-order valence-electron chi connectivity index (χ1n) is 9.60. The third-order valence-electron chi connectivity index (χ3n) is 4.96. The Hall–Kier alpha value is -2.85. The second-order valence-electron chi connectivity index (χ2n) is 7.17. The van der Waals surface area contributed by atoms with Gasteiger partial charge in [0.15, 0.2) is 11.0 Å². The lowest BCUT2D eigenvalue weighted by Gasteiger charge is -2.14. The third-order valence-corrected chi connectivity index (χ3v) is 6.90. The van der Waals surface area contributed by atoms with E-state index >= 15 is 0 Å². The fourth-order valence-electron chi connectivity index (χ4n) is 3.10. The average Bonchev–Trinajstić information content (AvgIpc) is 3.47. The van der Waals surface area contributed by atoms with Crippen molar-refractivity contribution in [1.82, 2.24) is 10.2 Å². The Morgan fingerprint density at radius 2 is 2.06 bits per heavy atom. The third kappa shape index (κ3) is 4.91. The Kier molecular flexibility index (Phi) is 6.28. The van der Waals surface area contributed by atoms with E-state index in [2.05, 4.69) is 15.5 Å². The number of ketones is 1. The Morgan fingerprint density at radius 1 is 1.23 bits per heavy atom. The number of rotatable bonds is 6. The number of hydrogen-bond donors (Lipinski definition) is 1. The Morgan fingerprint density at radius 3 is 2.74 bits per heavy atom. The first kappa shape index (κ1) is 21.4. The van der Waals surface area contributed by atoms with Crippen LogP contribution in [0, 0.1) is 13.8 Å². The second kappa shape index (κ2) is 9.11. The molecule has 0 bridgehead atoms. The number of carbonyl (C=O) groups is 3. The quantitative estimate of drug-likeness (QED) is 0.525. The number of Topliss-reactive ketones (excluding diaryl/α,β-unsaturated/α-hetero) is 1. The zero-order valence-electron chi connectivity index (χ0n) is 17.0. The number of benzene rings is 1. The predicted molar refractivity (Wildman–Crippen MR) is 121 cm³/mol. The Balaban J connectivity index is 1.54. The van der Waals surface area contributed by atoms with Crippen LogP contribution in [0.5, 0.6) is 0 Å². The molecule has 4 rings (SSSR count). The van der Waals surface area contributed by atoms with E-state index in [4.69, 9.17) is 4.42 Å². The Labute approximate surface area is 187 Å². The van der Waals surface area contributed by atoms with Crippen molar-refractivity contribution in [2.24, 2.45) is 10.2 Å². The monoisotopic (exact) mass is 456 g/mol. The van der Waals surface area contributed by atoms with Crippen molar-refractivity contribution in [1.29, 1.82) is 0 Å². The summed E-state index contributed by atoms with van der Waals surface area (Å²) >= 11 is 2.31. The van der Waals surface area contributed by atoms with Crippen LogP contribution in [0.25, 0.3) is 0 Å². The first-order chi connectivity index (χ1) is 14.9. The van der Waals surface area contributed by atoms with Crippen LogP contribution in [-0.2, 0) is 11.3 Å². The number of thioether (sulfide) groups is 2. The summed E-state index contributed by atoms with van der Waals surface area (Å²) in [6.45, 7) is 4.14. The molecule has 8 nitrogen and oxygen atoms in total. The molecular formula is C21H20N4O4S2. The van der Waals surface area contributed by atoms with Gasteiger partial charge in [-0.05, 0) is 43.2 Å². The van der Waals surface area contributed by atoms with Crippen LogP contribution in [0.1, 0.15) is 33.7 Å². The lowest BCUT2D eigenvalue weighted by Crippen LogP contribution is -2.32. The molecule has 2 aliphatic heterocycles. The molecule has 2 saturated heterocycles. The van der Waals surface area contributed by atoms with E-state index < -0.39 is 5.25 Å². The van der Waals surface area contributed by atoms with E-state index in [1.807, 2.05) is 26.0 Å². The van der Waals surface area contributed by atoms with Gasteiger partial charge in [-0.2, -0.15) is 0 Å². The molecule has 1 atom stereocenters. The van der Waals surface area contributed by atoms with Gasteiger partial charge in [-0.25, -0.2) is 0 Å². The van der Waals surface area contributed by atoms with Gasteiger partial charge in [0.2, 0.25) is 5.91 Å². The molecule has 0 radical (unpaired) electrons. The number of nitrogens with zero attached hydrogens (tertiary/aromatic N) is 3. The van der Waals surface area contributed by atoms with Crippen LogP contribution in [0.2, 0.25) is 0 Å². The summed E-state index contributed by atoms with van der Waals surface area (Å²) in [6.07, 6.45) is 1.59. The molecule has 1 aromatic carbocycles. The van der Waals surface area contributed by atoms with Crippen molar-refractivity contribution in [3.05, 3.63) is 59.0 Å². The molecule has 0 aliphatic carbocycles. The maximum atomic E-state index is 13.1. The second-order valence-corrected chi connectivity index (χ2v) is 9.29. The van der Waals surface area contributed by atoms with E-state index in [1.54, 1.807) is 18.2 Å². The maximum absolute atomic E-state index is 13.1. The summed E-state index contributed by atoms with van der Waals surface area (Å²) in [6, 6.07) is 9.06. The maximum Gasteiger partial charge on any atom is 0.284 e. The van der Waals surface area contributed by atoms with Crippen molar-refractivity contribution in [2.45, 2.75) is 32.1 Å². The number of carbonyl (C=O) groups excluding carboxylic acids is 3. The summed E-state index contributed by atoms with van der Waals surface area (Å²) < 4.78 is 5.37. The number of aryl methyl sites for hydroxylation is 2. The van der Waals surface area contributed by atoms with Crippen LogP contribution < -0.4 is 5.32 Å². The summed E-state index contributed by atoms with van der Waals surface area (Å²) in [5.41, 5.74) is 2.73. The molecule has 0 unspecified atom stereocenters. The highest BCUT2D eigenvalue weighted by molar-refractivity contribution is 8.15. The molecule has 10 heteroatoms. The van der Waals surface area contributed by atoms with Crippen molar-refractivity contribution >= 4 is 51.5 Å². The van der Waals surface area contributed by atoms with E-state index in [9.17, 15) is 14.4 Å². The molecule has 3 heterocycles. The number of hydrogen-bond acceptors (Lipinski definition) is 8. The highest BCUT2D eigenvalue weighted by atomic mass is 32.2. The molecule has 1 aromatic heterocycles. The SMILES string of the molecule is Cc1ccc(C(=O)C[C@@H]2S/C(=N\N=C3/CSC(=O)N3)N(Cc3ccco3)C2=O)cc1C. The van der Waals surface area contributed by atoms with Crippen molar-refractivity contribution in [2.75, 3.05) is 5.75 Å². The van der Waals surface area contributed by atoms with E-state index in [0.717, 1.165) is 22.9 Å². The molecule has 0 spiro atoms. The van der Waals surface area contributed by atoms with Crippen LogP contribution in [0.15, 0.2) is 51.2 Å². The van der Waals surface area contributed by atoms with Gasteiger partial charge in [-0.3, -0.25) is 19.3 Å². The molecule has 2 aromatic rings. The standard InChI is InChI=1S/C21H20N4O4S2/c1-12-5-6-14(8-13(12)2)16(26)9-17-19(27)25(10-15-4-3-7-29-15)20(31-17)24-23-18-11-30-21(28)22-18/h3-8,17H,9-11H2,1-2H3,(H,22,23,28)/b24-20-/t17-/m0/s1. The average molecular weight is 457 g/mol. The van der Waals surface area contributed by atoms with Gasteiger partial charge in [0, 0.05) is 12.0 Å². The van der Waals surface area contributed by atoms with Gasteiger partial charge < -0.3 is 9.73 Å². The fraction of sp³-hybridized carbons (Fsp3) is 0.286. The van der Waals surface area contributed by atoms with Crippen molar-refractivity contribution in [3.63, 3.8) is 0 Å². The van der Waals surface area contributed by atoms with Crippen molar-refractivity contribution in [3.8, 4) is 0 Å². The van der Waals surface area contributed by atoms with Gasteiger partial charge in [0.1, 0.15) is 11.6 Å². The highest BCUT2D eigenvalue weighted by Gasteiger charge is 2.40. The molecule has 2 fully saturated rings. The molecule has 2 amide bonds. The van der Waals surface area contributed by atoms with Crippen molar-refractivity contribution < 1.29 is 18.8 Å². The summed E-state index contributed by atoms with van der Waals surface area (Å²) in [5.74, 6) is 1.12. The van der Waals surface area contributed by atoms with E-state index in [1.165, 1.54) is 22.9 Å². The normalized spacial score (nSPS) is 21.4. The minimum atomic E-state index is -0.601. The van der Waals surface area contributed by atoms with Gasteiger partial charge in [0.05, 0.1) is 23.8 Å². The Bertz CT molecular complexity index is 1090. The minimum absolute atomic E-state index is 0.0584. The number of nitrogens with one attached hydrogen (secondary N) is 1. The van der Waals surface area contributed by atoms with Crippen LogP contribution >= 0.6 is 23.5 Å².